The van der Waals surface area contributed by atoms with E-state index in [0.717, 1.165) is 12.8 Å². The molecule has 0 aromatic heterocycles. The van der Waals surface area contributed by atoms with Gasteiger partial charge in [0.25, 0.3) is 0 Å². The monoisotopic (exact) mass is 278 g/mol. The van der Waals surface area contributed by atoms with Gasteiger partial charge in [0.2, 0.25) is 0 Å². The topological polar surface area (TPSA) is 37.3 Å². The Balaban J connectivity index is -0.00000144. The van der Waals surface area contributed by atoms with Crippen molar-refractivity contribution in [3.8, 4) is 0 Å². The van der Waals surface area contributed by atoms with E-state index in [-0.39, 0.29) is 31.0 Å². The molecule has 3 heteroatoms. The van der Waals surface area contributed by atoms with Crippen LogP contribution in [0.25, 0.3) is 0 Å². The van der Waals surface area contributed by atoms with Crippen LogP contribution in [0, 0.1) is 0 Å². The maximum Gasteiger partial charge on any atom is 1.00 e. The molecular formula is C16H31NaO2. The van der Waals surface area contributed by atoms with Gasteiger partial charge in [-0.3, -0.25) is 0 Å². The number of allylic oxidation sites excluding steroid dienone is 1. The second kappa shape index (κ2) is 18.2. The normalized spacial score (nSPS) is 10.6. The van der Waals surface area contributed by atoms with E-state index in [1.54, 1.807) is 6.08 Å². The number of carboxylic acids is 1. The fraction of sp³-hybridized carbons (Fsp3) is 0.812. The quantitative estimate of drug-likeness (QED) is 0.319. The molecule has 0 aliphatic heterocycles. The van der Waals surface area contributed by atoms with Crippen molar-refractivity contribution in [1.82, 2.24) is 0 Å². The third-order valence-electron chi connectivity index (χ3n) is 3.23. The van der Waals surface area contributed by atoms with Crippen molar-refractivity contribution < 1.29 is 40.9 Å². The maximum atomic E-state index is 10.2. The van der Waals surface area contributed by atoms with Crippen molar-refractivity contribution in [3.05, 3.63) is 12.2 Å². The number of rotatable bonds is 13. The number of carboxylic acid groups (broad SMARTS) is 1. The summed E-state index contributed by atoms with van der Waals surface area (Å²) < 4.78 is 0. The van der Waals surface area contributed by atoms with Crippen molar-refractivity contribution in [2.75, 3.05) is 0 Å². The van der Waals surface area contributed by atoms with Crippen LogP contribution in [0.15, 0.2) is 12.2 Å². The predicted molar refractivity (Wildman–Crippen MR) is 79.0 cm³/mol. The molecule has 0 heterocycles. The number of aliphatic carboxylic acids is 1. The van der Waals surface area contributed by atoms with Crippen molar-refractivity contribution >= 4 is 5.97 Å². The molecule has 0 spiro atoms. The van der Waals surface area contributed by atoms with Crippen molar-refractivity contribution in [2.45, 2.75) is 84.0 Å². The third-order valence-corrected chi connectivity index (χ3v) is 3.23. The molecule has 0 aliphatic rings. The van der Waals surface area contributed by atoms with Crippen LogP contribution in [0.1, 0.15) is 85.4 Å². The van der Waals surface area contributed by atoms with Crippen LogP contribution in [0.5, 0.6) is 0 Å². The molecule has 1 N–H and O–H groups in total. The fourth-order valence-corrected chi connectivity index (χ4v) is 2.11. The van der Waals surface area contributed by atoms with Gasteiger partial charge in [-0.15, -0.1) is 0 Å². The Morgan fingerprint density at radius 1 is 0.895 bits per heavy atom. The summed E-state index contributed by atoms with van der Waals surface area (Å²) in [5, 5.41) is 8.40. The molecule has 0 bridgehead atoms. The molecule has 108 valence electrons. The summed E-state index contributed by atoms with van der Waals surface area (Å²) in [4.78, 5) is 10.2. The van der Waals surface area contributed by atoms with Gasteiger partial charge in [-0.05, 0) is 12.8 Å². The van der Waals surface area contributed by atoms with E-state index in [4.69, 9.17) is 5.11 Å². The first-order valence-corrected chi connectivity index (χ1v) is 7.67. The zero-order chi connectivity index (χ0) is 13.5. The van der Waals surface area contributed by atoms with Gasteiger partial charge in [-0.1, -0.05) is 77.2 Å². The Morgan fingerprint density at radius 2 is 1.32 bits per heavy atom. The predicted octanol–water partition coefficient (Wildman–Crippen LogP) is 2.44. The molecule has 19 heavy (non-hydrogen) atoms. The summed E-state index contributed by atoms with van der Waals surface area (Å²) in [7, 11) is 0. The van der Waals surface area contributed by atoms with E-state index in [2.05, 4.69) is 6.92 Å². The summed E-state index contributed by atoms with van der Waals surface area (Å²) in [6.45, 7) is 2.26. The van der Waals surface area contributed by atoms with Gasteiger partial charge in [0.1, 0.15) is 0 Å². The van der Waals surface area contributed by atoms with Gasteiger partial charge in [0.05, 0.1) is 0 Å². The average Bonchev–Trinajstić information content (AvgIpc) is 2.34. The molecule has 0 saturated carbocycles. The first kappa shape index (κ1) is 21.5. The SMILES string of the molecule is CCCCCCCCCCCCC/C=C/C(=O)O.[H-].[Na+]. The summed E-state index contributed by atoms with van der Waals surface area (Å²) >= 11 is 0. The van der Waals surface area contributed by atoms with E-state index in [1.165, 1.54) is 70.3 Å². The Morgan fingerprint density at radius 3 is 1.74 bits per heavy atom. The van der Waals surface area contributed by atoms with Gasteiger partial charge in [-0.25, -0.2) is 4.79 Å². The molecular weight excluding hydrogens is 247 g/mol. The standard InChI is InChI=1S/C16H30O2.Na.H/c1-2-3-4-5-6-7-8-9-10-11-12-13-14-15-16(17)18;;/h14-15H,2-13H2,1H3,(H,17,18);;/q;+1;-1/b15-14+;;. The molecule has 0 saturated heterocycles. The molecule has 2 nitrogen and oxygen atoms in total. The molecule has 0 fully saturated rings. The van der Waals surface area contributed by atoms with E-state index in [0.29, 0.717) is 0 Å². The van der Waals surface area contributed by atoms with Crippen molar-refractivity contribution in [3.63, 3.8) is 0 Å². The van der Waals surface area contributed by atoms with Crippen LogP contribution in [0.4, 0.5) is 0 Å². The Bertz CT molecular complexity index is 221. The number of hydrogen-bond acceptors (Lipinski definition) is 1. The van der Waals surface area contributed by atoms with E-state index >= 15 is 0 Å². The minimum atomic E-state index is -0.835. The zero-order valence-corrected chi connectivity index (χ0v) is 15.0. The van der Waals surface area contributed by atoms with Gasteiger partial charge in [-0.2, -0.15) is 0 Å². The van der Waals surface area contributed by atoms with Crippen molar-refractivity contribution in [2.24, 2.45) is 0 Å². The molecule has 0 aliphatic carbocycles. The van der Waals surface area contributed by atoms with E-state index < -0.39 is 5.97 Å². The van der Waals surface area contributed by atoms with Crippen LogP contribution in [0.2, 0.25) is 0 Å². The maximum absolute atomic E-state index is 10.2. The Kier molecular flexibility index (Phi) is 20.6. The second-order valence-electron chi connectivity index (χ2n) is 5.06. The molecule has 0 unspecified atom stereocenters. The Labute approximate surface area is 142 Å². The van der Waals surface area contributed by atoms with Crippen LogP contribution in [0.3, 0.4) is 0 Å². The van der Waals surface area contributed by atoms with Crippen LogP contribution >= 0.6 is 0 Å². The number of unbranched alkanes of at least 4 members (excludes halogenated alkanes) is 11. The average molecular weight is 278 g/mol. The van der Waals surface area contributed by atoms with Gasteiger partial charge >= 0.3 is 35.5 Å². The Hall–Kier alpha value is 0.210. The molecule has 0 aromatic rings. The number of hydrogen-bond donors (Lipinski definition) is 1. The van der Waals surface area contributed by atoms with Crippen LogP contribution < -0.4 is 29.6 Å². The van der Waals surface area contributed by atoms with Crippen molar-refractivity contribution in [1.29, 1.82) is 0 Å². The fourth-order valence-electron chi connectivity index (χ4n) is 2.11. The number of carbonyl (C=O) groups is 1. The minimum absolute atomic E-state index is 0. The smallest absolute Gasteiger partial charge is 1.00 e. The zero-order valence-electron chi connectivity index (χ0n) is 14.0. The molecule has 0 aromatic carbocycles. The molecule has 0 rings (SSSR count). The summed E-state index contributed by atoms with van der Waals surface area (Å²) in [6.07, 6.45) is 18.6. The van der Waals surface area contributed by atoms with Crippen LogP contribution in [-0.2, 0) is 4.79 Å². The summed E-state index contributed by atoms with van der Waals surface area (Å²) in [5.41, 5.74) is 0. The van der Waals surface area contributed by atoms with E-state index in [9.17, 15) is 4.79 Å². The second-order valence-corrected chi connectivity index (χ2v) is 5.06. The minimum Gasteiger partial charge on any atom is -1.00 e. The molecule has 0 radical (unpaired) electrons. The summed E-state index contributed by atoms with van der Waals surface area (Å²) in [5.74, 6) is -0.835. The van der Waals surface area contributed by atoms with Gasteiger partial charge in [0.15, 0.2) is 0 Å². The van der Waals surface area contributed by atoms with Gasteiger partial charge < -0.3 is 6.53 Å². The van der Waals surface area contributed by atoms with Crippen LogP contribution in [-0.4, -0.2) is 11.1 Å². The molecule has 0 atom stereocenters. The van der Waals surface area contributed by atoms with E-state index in [1.807, 2.05) is 0 Å². The van der Waals surface area contributed by atoms with Gasteiger partial charge in [0, 0.05) is 6.08 Å². The first-order valence-electron chi connectivity index (χ1n) is 7.67. The largest absolute Gasteiger partial charge is 1.00 e. The first-order chi connectivity index (χ1) is 8.77. The molecule has 0 amide bonds. The third kappa shape index (κ3) is 20.7. The summed E-state index contributed by atoms with van der Waals surface area (Å²) in [6, 6.07) is 0.